The summed E-state index contributed by atoms with van der Waals surface area (Å²) in [6.07, 6.45) is 7.27. The van der Waals surface area contributed by atoms with Gasteiger partial charge in [0, 0.05) is 44.0 Å². The standard InChI is InChI=1S/C17H28N4O/c1-12(2)21-10-15(16(11-21)22-3)20-17-18-9-8-14(19-17)13-6-4-5-7-13/h8-9,12-13,15-16H,4-7,10-11H2,1-3H3,(H,18,19,20)/t15-,16-/m1/s1. The Bertz CT molecular complexity index is 487. The van der Waals surface area contributed by atoms with Crippen molar-refractivity contribution in [2.24, 2.45) is 0 Å². The molecule has 1 N–H and O–H groups in total. The quantitative estimate of drug-likeness (QED) is 0.906. The lowest BCUT2D eigenvalue weighted by atomic mass is 10.0. The van der Waals surface area contributed by atoms with Crippen molar-refractivity contribution in [2.45, 2.75) is 63.6 Å². The number of nitrogens with one attached hydrogen (secondary N) is 1. The zero-order valence-corrected chi connectivity index (χ0v) is 14.0. The molecule has 3 rings (SSSR count). The molecular formula is C17H28N4O. The number of hydrogen-bond donors (Lipinski definition) is 1. The van der Waals surface area contributed by atoms with Gasteiger partial charge in [-0.05, 0) is 32.8 Å². The topological polar surface area (TPSA) is 50.3 Å². The van der Waals surface area contributed by atoms with Crippen molar-refractivity contribution in [3.05, 3.63) is 18.0 Å². The van der Waals surface area contributed by atoms with Crippen LogP contribution >= 0.6 is 0 Å². The Morgan fingerprint density at radius 3 is 2.73 bits per heavy atom. The Kier molecular flexibility index (Phi) is 4.93. The molecule has 0 amide bonds. The van der Waals surface area contributed by atoms with E-state index < -0.39 is 0 Å². The van der Waals surface area contributed by atoms with Crippen molar-refractivity contribution in [3.63, 3.8) is 0 Å². The van der Waals surface area contributed by atoms with Crippen LogP contribution in [0, 0.1) is 0 Å². The molecule has 122 valence electrons. The molecule has 1 aliphatic carbocycles. The van der Waals surface area contributed by atoms with Crippen LogP contribution in [0.25, 0.3) is 0 Å². The van der Waals surface area contributed by atoms with E-state index in [0.29, 0.717) is 12.0 Å². The summed E-state index contributed by atoms with van der Waals surface area (Å²) in [5, 5.41) is 3.50. The zero-order chi connectivity index (χ0) is 15.5. The molecule has 0 spiro atoms. The van der Waals surface area contributed by atoms with E-state index in [1.165, 1.54) is 31.4 Å². The lowest BCUT2D eigenvalue weighted by Crippen LogP contribution is -2.34. The molecule has 5 heteroatoms. The first kappa shape index (κ1) is 15.7. The molecule has 0 bridgehead atoms. The molecule has 1 aliphatic heterocycles. The second-order valence-electron chi connectivity index (χ2n) is 6.86. The van der Waals surface area contributed by atoms with E-state index >= 15 is 0 Å². The predicted octanol–water partition coefficient (Wildman–Crippen LogP) is 2.65. The zero-order valence-electron chi connectivity index (χ0n) is 14.0. The van der Waals surface area contributed by atoms with Crippen LogP contribution in [-0.2, 0) is 4.74 Å². The van der Waals surface area contributed by atoms with Gasteiger partial charge in [0.05, 0.1) is 12.1 Å². The van der Waals surface area contributed by atoms with Gasteiger partial charge in [-0.25, -0.2) is 9.97 Å². The van der Waals surface area contributed by atoms with Gasteiger partial charge >= 0.3 is 0 Å². The van der Waals surface area contributed by atoms with Gasteiger partial charge in [-0.1, -0.05) is 12.8 Å². The predicted molar refractivity (Wildman–Crippen MR) is 88.2 cm³/mol. The first-order valence-electron chi connectivity index (χ1n) is 8.53. The number of anilines is 1. The first-order chi connectivity index (χ1) is 10.7. The molecule has 2 fully saturated rings. The van der Waals surface area contributed by atoms with Crippen LogP contribution in [0.4, 0.5) is 5.95 Å². The Labute approximate surface area is 133 Å². The third-order valence-corrected chi connectivity index (χ3v) is 5.09. The molecule has 22 heavy (non-hydrogen) atoms. The van der Waals surface area contributed by atoms with Crippen molar-refractivity contribution in [1.82, 2.24) is 14.9 Å². The second-order valence-corrected chi connectivity index (χ2v) is 6.86. The number of methoxy groups -OCH3 is 1. The lowest BCUT2D eigenvalue weighted by molar-refractivity contribution is 0.0982. The van der Waals surface area contributed by atoms with Crippen LogP contribution in [-0.4, -0.2) is 53.3 Å². The number of nitrogens with zero attached hydrogens (tertiary/aromatic N) is 3. The number of hydrogen-bond acceptors (Lipinski definition) is 5. The van der Waals surface area contributed by atoms with Gasteiger partial charge < -0.3 is 10.1 Å². The van der Waals surface area contributed by atoms with Gasteiger partial charge in [-0.2, -0.15) is 0 Å². The average molecular weight is 304 g/mol. The van der Waals surface area contributed by atoms with Crippen molar-refractivity contribution in [1.29, 1.82) is 0 Å². The lowest BCUT2D eigenvalue weighted by Gasteiger charge is -2.20. The summed E-state index contributed by atoms with van der Waals surface area (Å²) in [6.45, 7) is 6.40. The van der Waals surface area contributed by atoms with Crippen LogP contribution < -0.4 is 5.32 Å². The average Bonchev–Trinajstić information content (AvgIpc) is 3.17. The van der Waals surface area contributed by atoms with Crippen molar-refractivity contribution < 1.29 is 4.74 Å². The Morgan fingerprint density at radius 1 is 1.27 bits per heavy atom. The molecular weight excluding hydrogens is 276 g/mol. The molecule has 1 saturated heterocycles. The number of aromatic nitrogens is 2. The Balaban J connectivity index is 1.68. The van der Waals surface area contributed by atoms with Gasteiger partial charge in [0.2, 0.25) is 5.95 Å². The van der Waals surface area contributed by atoms with Gasteiger partial charge in [0.1, 0.15) is 0 Å². The van der Waals surface area contributed by atoms with Gasteiger partial charge in [-0.15, -0.1) is 0 Å². The highest BCUT2D eigenvalue weighted by Crippen LogP contribution is 2.33. The fourth-order valence-corrected chi connectivity index (χ4v) is 3.66. The number of rotatable bonds is 5. The van der Waals surface area contributed by atoms with Crippen molar-refractivity contribution in [3.8, 4) is 0 Å². The highest BCUT2D eigenvalue weighted by molar-refractivity contribution is 5.29. The SMILES string of the molecule is CO[C@@H]1CN(C(C)C)C[C@H]1Nc1nccc(C2CCCC2)n1. The maximum Gasteiger partial charge on any atom is 0.223 e. The summed E-state index contributed by atoms with van der Waals surface area (Å²) < 4.78 is 5.65. The smallest absolute Gasteiger partial charge is 0.223 e. The first-order valence-corrected chi connectivity index (χ1v) is 8.53. The van der Waals surface area contributed by atoms with Crippen LogP contribution in [0.5, 0.6) is 0 Å². The minimum absolute atomic E-state index is 0.195. The summed E-state index contributed by atoms with van der Waals surface area (Å²) in [5.74, 6) is 1.37. The van der Waals surface area contributed by atoms with E-state index in [1.807, 2.05) is 6.20 Å². The van der Waals surface area contributed by atoms with Gasteiger partial charge in [0.25, 0.3) is 0 Å². The third kappa shape index (κ3) is 3.41. The highest BCUT2D eigenvalue weighted by atomic mass is 16.5. The molecule has 2 atom stereocenters. The molecule has 0 unspecified atom stereocenters. The maximum absolute atomic E-state index is 5.65. The maximum atomic E-state index is 5.65. The summed E-state index contributed by atoms with van der Waals surface area (Å²) in [6, 6.07) is 2.87. The number of ether oxygens (including phenoxy) is 1. The van der Waals surface area contributed by atoms with Crippen LogP contribution in [0.2, 0.25) is 0 Å². The largest absolute Gasteiger partial charge is 0.378 e. The molecule has 5 nitrogen and oxygen atoms in total. The Hall–Kier alpha value is -1.20. The second kappa shape index (κ2) is 6.92. The monoisotopic (exact) mass is 304 g/mol. The summed E-state index contributed by atoms with van der Waals surface area (Å²) in [5.41, 5.74) is 1.20. The van der Waals surface area contributed by atoms with E-state index in [1.54, 1.807) is 7.11 Å². The number of likely N-dealkylation sites (tertiary alicyclic amines) is 1. The highest BCUT2D eigenvalue weighted by Gasteiger charge is 2.34. The van der Waals surface area contributed by atoms with Crippen LogP contribution in [0.15, 0.2) is 12.3 Å². The fraction of sp³-hybridized carbons (Fsp3) is 0.765. The molecule has 2 aliphatic rings. The summed E-state index contributed by atoms with van der Waals surface area (Å²) in [4.78, 5) is 11.6. The van der Waals surface area contributed by atoms with E-state index in [-0.39, 0.29) is 12.1 Å². The fourth-order valence-electron chi connectivity index (χ4n) is 3.66. The summed E-state index contributed by atoms with van der Waals surface area (Å²) >= 11 is 0. The molecule has 0 radical (unpaired) electrons. The van der Waals surface area contributed by atoms with Crippen molar-refractivity contribution >= 4 is 5.95 Å². The normalized spacial score (nSPS) is 26.9. The molecule has 2 heterocycles. The van der Waals surface area contributed by atoms with Crippen LogP contribution in [0.1, 0.15) is 51.1 Å². The van der Waals surface area contributed by atoms with E-state index in [0.717, 1.165) is 19.0 Å². The minimum Gasteiger partial charge on any atom is -0.378 e. The van der Waals surface area contributed by atoms with Gasteiger partial charge in [-0.3, -0.25) is 4.90 Å². The molecule has 1 aromatic rings. The van der Waals surface area contributed by atoms with Gasteiger partial charge in [0.15, 0.2) is 0 Å². The Morgan fingerprint density at radius 2 is 2.05 bits per heavy atom. The van der Waals surface area contributed by atoms with E-state index in [2.05, 4.69) is 35.1 Å². The molecule has 0 aromatic carbocycles. The molecule has 1 saturated carbocycles. The van der Waals surface area contributed by atoms with E-state index in [4.69, 9.17) is 9.72 Å². The minimum atomic E-state index is 0.195. The summed E-state index contributed by atoms with van der Waals surface area (Å²) in [7, 11) is 1.79. The van der Waals surface area contributed by atoms with Crippen molar-refractivity contribution in [2.75, 3.05) is 25.5 Å². The van der Waals surface area contributed by atoms with E-state index in [9.17, 15) is 0 Å². The van der Waals surface area contributed by atoms with Crippen LogP contribution in [0.3, 0.4) is 0 Å². The third-order valence-electron chi connectivity index (χ3n) is 5.09. The molecule has 1 aromatic heterocycles.